The molecule has 250 valence electrons. The van der Waals surface area contributed by atoms with Crippen LogP contribution in [-0.2, 0) is 15.1 Å². The summed E-state index contributed by atoms with van der Waals surface area (Å²) in [6, 6.07) is 44.1. The molecule has 0 aliphatic heterocycles. The van der Waals surface area contributed by atoms with Gasteiger partial charge in [-0.2, -0.15) is 0 Å². The molecule has 0 radical (unpaired) electrons. The number of unbranched alkanes of at least 4 members (excludes halogenated alkanes) is 2. The number of methoxy groups -OCH3 is 1. The highest BCUT2D eigenvalue weighted by atomic mass is 16.5. The zero-order valence-corrected chi connectivity index (χ0v) is 27.7. The summed E-state index contributed by atoms with van der Waals surface area (Å²) in [6.45, 7) is 0.823. The molecule has 7 nitrogen and oxygen atoms in total. The van der Waals surface area contributed by atoms with Crippen LogP contribution in [0, 0.1) is 0 Å². The van der Waals surface area contributed by atoms with E-state index in [4.69, 9.17) is 9.47 Å². The summed E-state index contributed by atoms with van der Waals surface area (Å²) in [4.78, 5) is 24.9. The van der Waals surface area contributed by atoms with E-state index in [0.717, 1.165) is 57.5 Å². The predicted octanol–water partition coefficient (Wildman–Crippen LogP) is 8.13. The molecular formula is C42H42N2O5. The Labute approximate surface area is 287 Å². The van der Waals surface area contributed by atoms with Crippen LogP contribution in [0.4, 0.5) is 4.79 Å². The van der Waals surface area contributed by atoms with E-state index in [1.54, 1.807) is 7.11 Å². The molecule has 0 fully saturated rings. The third-order valence-corrected chi connectivity index (χ3v) is 9.43. The van der Waals surface area contributed by atoms with Gasteiger partial charge in [0.05, 0.1) is 12.6 Å². The highest BCUT2D eigenvalue weighted by Crippen LogP contribution is 2.44. The quantitative estimate of drug-likeness (QED) is 0.0779. The third-order valence-electron chi connectivity index (χ3n) is 9.43. The second-order valence-electron chi connectivity index (χ2n) is 12.3. The molecule has 5 aromatic carbocycles. The van der Waals surface area contributed by atoms with E-state index in [-0.39, 0.29) is 12.5 Å². The number of rotatable bonds is 15. The van der Waals surface area contributed by atoms with Gasteiger partial charge in [0.2, 0.25) is 0 Å². The van der Waals surface area contributed by atoms with Crippen molar-refractivity contribution in [2.75, 3.05) is 20.3 Å². The molecule has 0 heterocycles. The van der Waals surface area contributed by atoms with Gasteiger partial charge in [0, 0.05) is 5.92 Å². The Morgan fingerprint density at radius 3 is 1.78 bits per heavy atom. The topological polar surface area (TPSA) is 96.9 Å². The van der Waals surface area contributed by atoms with Crippen LogP contribution in [0.3, 0.4) is 0 Å². The molecule has 49 heavy (non-hydrogen) atoms. The Balaban J connectivity index is 1.05. The molecule has 1 atom stereocenters. The van der Waals surface area contributed by atoms with Gasteiger partial charge < -0.3 is 19.9 Å². The SMILES string of the molecule is COc1ccc(C(NCCCCC[C@@H](NC(=O)OCC2c3ccccc3-c3ccccc32)C(=O)O)(c2ccccc2)c2ccccc2)cc1. The van der Waals surface area contributed by atoms with Crippen LogP contribution >= 0.6 is 0 Å². The summed E-state index contributed by atoms with van der Waals surface area (Å²) in [5, 5.41) is 16.4. The van der Waals surface area contributed by atoms with Crippen molar-refractivity contribution in [3.8, 4) is 16.9 Å². The Kier molecular flexibility index (Phi) is 10.7. The number of alkyl carbamates (subject to hydrolysis) is 1. The van der Waals surface area contributed by atoms with Crippen LogP contribution in [0.2, 0.25) is 0 Å². The molecule has 1 amide bonds. The van der Waals surface area contributed by atoms with Gasteiger partial charge in [-0.05, 0) is 70.5 Å². The Bertz CT molecular complexity index is 1760. The van der Waals surface area contributed by atoms with E-state index in [1.807, 2.05) is 72.8 Å². The standard InChI is InChI=1S/C42H42N2O5/c1-48-33-26-24-32(25-27-33)42(30-15-5-2-6-16-30,31-17-7-3-8-18-31)43-28-14-4-9-23-39(40(45)46)44-41(47)49-29-38-36-21-12-10-19-34(36)35-20-11-13-22-37(35)38/h2-3,5-8,10-13,15-22,24-27,38-39,43H,4,9,14,23,28-29H2,1H3,(H,44,47)(H,45,46)/t39-/m1/s1. The van der Waals surface area contributed by atoms with E-state index >= 15 is 0 Å². The van der Waals surface area contributed by atoms with Crippen LogP contribution < -0.4 is 15.4 Å². The molecule has 6 rings (SSSR count). The Morgan fingerprint density at radius 1 is 0.694 bits per heavy atom. The molecule has 3 N–H and O–H groups in total. The number of fused-ring (bicyclic) bond motifs is 3. The summed E-state index contributed by atoms with van der Waals surface area (Å²) in [5.74, 6) is -0.373. The number of hydrogen-bond donors (Lipinski definition) is 3. The van der Waals surface area contributed by atoms with E-state index in [1.165, 1.54) is 0 Å². The second kappa shape index (κ2) is 15.7. The molecule has 0 bridgehead atoms. The van der Waals surface area contributed by atoms with Gasteiger partial charge in [0.15, 0.2) is 0 Å². The second-order valence-corrected chi connectivity index (χ2v) is 12.3. The first-order chi connectivity index (χ1) is 24.0. The molecule has 1 aliphatic rings. The molecule has 7 heteroatoms. The van der Waals surface area contributed by atoms with Gasteiger partial charge in [-0.1, -0.05) is 134 Å². The lowest BCUT2D eigenvalue weighted by Crippen LogP contribution is -2.45. The van der Waals surface area contributed by atoms with Crippen LogP contribution in [0.5, 0.6) is 5.75 Å². The normalized spacial score (nSPS) is 12.8. The number of ether oxygens (including phenoxy) is 2. The number of carboxylic acid groups (broad SMARTS) is 1. The average molecular weight is 655 g/mol. The molecule has 0 unspecified atom stereocenters. The van der Waals surface area contributed by atoms with E-state index in [2.05, 4.69) is 71.3 Å². The lowest BCUT2D eigenvalue weighted by molar-refractivity contribution is -0.139. The zero-order valence-electron chi connectivity index (χ0n) is 27.7. The summed E-state index contributed by atoms with van der Waals surface area (Å²) in [6.07, 6.45) is 1.82. The lowest BCUT2D eigenvalue weighted by Gasteiger charge is -2.37. The van der Waals surface area contributed by atoms with E-state index in [0.29, 0.717) is 19.4 Å². The lowest BCUT2D eigenvalue weighted by atomic mass is 9.77. The third kappa shape index (κ3) is 7.37. The number of aliphatic carboxylic acids is 1. The summed E-state index contributed by atoms with van der Waals surface area (Å²) in [5.41, 5.74) is 7.20. The number of carbonyl (C=O) groups excluding carboxylic acids is 1. The predicted molar refractivity (Wildman–Crippen MR) is 192 cm³/mol. The van der Waals surface area contributed by atoms with Crippen LogP contribution in [0.15, 0.2) is 133 Å². The fraction of sp³-hybridized carbons (Fsp3) is 0.238. The van der Waals surface area contributed by atoms with Gasteiger partial charge in [0.25, 0.3) is 0 Å². The van der Waals surface area contributed by atoms with Gasteiger partial charge in [-0.15, -0.1) is 0 Å². The fourth-order valence-electron chi connectivity index (χ4n) is 6.99. The van der Waals surface area contributed by atoms with Crippen molar-refractivity contribution in [3.05, 3.63) is 161 Å². The molecule has 0 aromatic heterocycles. The van der Waals surface area contributed by atoms with Crippen molar-refractivity contribution in [1.29, 1.82) is 0 Å². The minimum atomic E-state index is -1.07. The summed E-state index contributed by atoms with van der Waals surface area (Å²) in [7, 11) is 1.66. The van der Waals surface area contributed by atoms with Crippen molar-refractivity contribution in [3.63, 3.8) is 0 Å². The maximum absolute atomic E-state index is 12.8. The van der Waals surface area contributed by atoms with Gasteiger partial charge in [0.1, 0.15) is 18.4 Å². The van der Waals surface area contributed by atoms with Gasteiger partial charge >= 0.3 is 12.1 Å². The molecule has 0 saturated carbocycles. The minimum absolute atomic E-state index is 0.0919. The zero-order chi connectivity index (χ0) is 34.1. The first-order valence-electron chi connectivity index (χ1n) is 16.9. The van der Waals surface area contributed by atoms with E-state index in [9.17, 15) is 14.7 Å². The van der Waals surface area contributed by atoms with Crippen LogP contribution in [-0.4, -0.2) is 43.5 Å². The number of carboxylic acids is 1. The molecule has 1 aliphatic carbocycles. The minimum Gasteiger partial charge on any atom is -0.497 e. The average Bonchev–Trinajstić information content (AvgIpc) is 3.47. The number of carbonyl (C=O) groups is 2. The maximum Gasteiger partial charge on any atom is 0.407 e. The van der Waals surface area contributed by atoms with Crippen molar-refractivity contribution in [2.24, 2.45) is 0 Å². The number of benzene rings is 5. The highest BCUT2D eigenvalue weighted by Gasteiger charge is 2.36. The summed E-state index contributed by atoms with van der Waals surface area (Å²) >= 11 is 0. The van der Waals surface area contributed by atoms with Gasteiger partial charge in [-0.25, -0.2) is 9.59 Å². The maximum atomic E-state index is 12.8. The molecule has 0 saturated heterocycles. The monoisotopic (exact) mass is 654 g/mol. The van der Waals surface area contributed by atoms with Crippen molar-refractivity contribution >= 4 is 12.1 Å². The van der Waals surface area contributed by atoms with Crippen molar-refractivity contribution < 1.29 is 24.2 Å². The first-order valence-corrected chi connectivity index (χ1v) is 16.9. The molecule has 0 spiro atoms. The Hall–Kier alpha value is -5.40. The molecule has 5 aromatic rings. The first kappa shape index (κ1) is 33.5. The van der Waals surface area contributed by atoms with Crippen molar-refractivity contribution in [2.45, 2.75) is 43.2 Å². The fourth-order valence-corrected chi connectivity index (χ4v) is 6.99. The van der Waals surface area contributed by atoms with Gasteiger partial charge in [-0.3, -0.25) is 5.32 Å². The van der Waals surface area contributed by atoms with Crippen LogP contribution in [0.1, 0.15) is 59.4 Å². The van der Waals surface area contributed by atoms with Crippen LogP contribution in [0.25, 0.3) is 11.1 Å². The molecular weight excluding hydrogens is 612 g/mol. The van der Waals surface area contributed by atoms with E-state index < -0.39 is 23.6 Å². The number of nitrogens with one attached hydrogen (secondary N) is 2. The Morgan fingerprint density at radius 2 is 1.22 bits per heavy atom. The largest absolute Gasteiger partial charge is 0.497 e. The number of amides is 1. The smallest absolute Gasteiger partial charge is 0.407 e. The highest BCUT2D eigenvalue weighted by molar-refractivity contribution is 5.81. The number of hydrogen-bond acceptors (Lipinski definition) is 5. The van der Waals surface area contributed by atoms with Crippen molar-refractivity contribution in [1.82, 2.24) is 10.6 Å². The summed E-state index contributed by atoms with van der Waals surface area (Å²) < 4.78 is 11.1.